The molecule has 1 amide bonds. The Kier molecular flexibility index (Phi) is 4.04. The van der Waals surface area contributed by atoms with E-state index in [-0.39, 0.29) is 12.5 Å². The molecule has 0 spiro atoms. The van der Waals surface area contributed by atoms with E-state index in [1.807, 2.05) is 60.7 Å². The van der Waals surface area contributed by atoms with Gasteiger partial charge in [0.25, 0.3) is 5.91 Å². The average molecular weight is 331 g/mol. The molecule has 0 saturated carbocycles. The number of imidazole rings is 1. The van der Waals surface area contributed by atoms with Crippen LogP contribution in [0.4, 0.5) is 0 Å². The molecule has 1 aromatic heterocycles. The van der Waals surface area contributed by atoms with E-state index in [0.29, 0.717) is 17.9 Å². The van der Waals surface area contributed by atoms with Gasteiger partial charge in [-0.1, -0.05) is 48.5 Å². The number of rotatable bonds is 4. The Morgan fingerprint density at radius 3 is 2.80 bits per heavy atom. The van der Waals surface area contributed by atoms with Gasteiger partial charge in [0, 0.05) is 5.56 Å². The molecule has 3 aromatic rings. The fourth-order valence-electron chi connectivity index (χ4n) is 2.74. The van der Waals surface area contributed by atoms with E-state index in [0.717, 1.165) is 22.6 Å². The Labute approximate surface area is 145 Å². The summed E-state index contributed by atoms with van der Waals surface area (Å²) in [6.45, 7) is 0.612. The molecule has 0 fully saturated rings. The average Bonchev–Trinajstić information content (AvgIpc) is 3.15. The van der Waals surface area contributed by atoms with Gasteiger partial charge in [-0.25, -0.2) is 4.98 Å². The van der Waals surface area contributed by atoms with Crippen molar-refractivity contribution in [3.63, 3.8) is 0 Å². The highest BCUT2D eigenvalue weighted by atomic mass is 16.5. The highest BCUT2D eigenvalue weighted by molar-refractivity contribution is 5.99. The minimum absolute atomic E-state index is 0.146. The second-order valence-corrected chi connectivity index (χ2v) is 5.79. The number of H-pyrrole nitrogens is 1. The van der Waals surface area contributed by atoms with Crippen LogP contribution in [0.2, 0.25) is 0 Å². The summed E-state index contributed by atoms with van der Waals surface area (Å²) >= 11 is 0. The lowest BCUT2D eigenvalue weighted by Crippen LogP contribution is -2.28. The number of ether oxygens (including phenoxy) is 1. The summed E-state index contributed by atoms with van der Waals surface area (Å²) in [4.78, 5) is 19.9. The molecular formula is C20H17N3O2. The molecule has 2 heterocycles. The zero-order chi connectivity index (χ0) is 17.1. The normalized spacial score (nSPS) is 12.7. The number of para-hydroxylation sites is 1. The van der Waals surface area contributed by atoms with Crippen molar-refractivity contribution in [3.05, 3.63) is 77.8 Å². The summed E-state index contributed by atoms with van der Waals surface area (Å²) in [7, 11) is 0. The zero-order valence-electron chi connectivity index (χ0n) is 13.5. The maximum Gasteiger partial charge on any atom is 0.251 e. The molecule has 25 heavy (non-hydrogen) atoms. The number of amides is 1. The summed E-state index contributed by atoms with van der Waals surface area (Å²) in [5.74, 6) is 1.37. The van der Waals surface area contributed by atoms with Gasteiger partial charge < -0.3 is 15.0 Å². The maximum atomic E-state index is 12.4. The topological polar surface area (TPSA) is 67.0 Å². The lowest BCUT2D eigenvalue weighted by Gasteiger charge is -2.17. The number of carbonyl (C=O) groups is 1. The minimum atomic E-state index is -0.146. The van der Waals surface area contributed by atoms with E-state index in [9.17, 15) is 4.79 Å². The zero-order valence-corrected chi connectivity index (χ0v) is 13.5. The van der Waals surface area contributed by atoms with Crippen LogP contribution in [-0.4, -0.2) is 22.5 Å². The van der Waals surface area contributed by atoms with Crippen molar-refractivity contribution in [2.24, 2.45) is 0 Å². The molecule has 1 aliphatic heterocycles. The van der Waals surface area contributed by atoms with Crippen molar-refractivity contribution in [1.29, 1.82) is 0 Å². The molecule has 5 nitrogen and oxygen atoms in total. The summed E-state index contributed by atoms with van der Waals surface area (Å²) in [6.07, 6.45) is 3.64. The number of hydrogen-bond acceptors (Lipinski definition) is 3. The van der Waals surface area contributed by atoms with Gasteiger partial charge in [-0.15, -0.1) is 0 Å². The first-order valence-corrected chi connectivity index (χ1v) is 8.09. The van der Waals surface area contributed by atoms with Crippen molar-refractivity contribution in [2.45, 2.75) is 6.54 Å². The van der Waals surface area contributed by atoms with Crippen LogP contribution in [0.15, 0.2) is 66.4 Å². The molecular weight excluding hydrogens is 314 g/mol. The standard InChI is InChI=1S/C20H17N3O2/c24-20(16-10-15-8-4-5-9-18(15)25-13-16)22-12-19-21-11-17(23-19)14-6-2-1-3-7-14/h1-11H,12-13H2,(H,21,23)(H,22,24). The molecule has 124 valence electrons. The molecule has 0 bridgehead atoms. The molecule has 4 rings (SSSR count). The van der Waals surface area contributed by atoms with Crippen LogP contribution in [0.3, 0.4) is 0 Å². The van der Waals surface area contributed by atoms with Crippen molar-refractivity contribution in [1.82, 2.24) is 15.3 Å². The Bertz CT molecular complexity index is 929. The predicted octanol–water partition coefficient (Wildman–Crippen LogP) is 3.17. The van der Waals surface area contributed by atoms with Crippen molar-refractivity contribution < 1.29 is 9.53 Å². The van der Waals surface area contributed by atoms with Crippen LogP contribution >= 0.6 is 0 Å². The number of aromatic nitrogens is 2. The molecule has 2 N–H and O–H groups in total. The molecule has 0 aliphatic carbocycles. The van der Waals surface area contributed by atoms with Crippen molar-refractivity contribution in [2.75, 3.05) is 6.61 Å². The summed E-state index contributed by atoms with van der Waals surface area (Å²) in [5, 5.41) is 2.88. The van der Waals surface area contributed by atoms with Crippen molar-refractivity contribution >= 4 is 12.0 Å². The molecule has 0 saturated heterocycles. The third-order valence-corrected chi connectivity index (χ3v) is 4.05. The molecule has 1 aliphatic rings. The van der Waals surface area contributed by atoms with Gasteiger partial charge >= 0.3 is 0 Å². The fraction of sp³-hybridized carbons (Fsp3) is 0.100. The summed E-state index contributed by atoms with van der Waals surface area (Å²) in [5.41, 5.74) is 3.52. The number of nitrogens with zero attached hydrogens (tertiary/aromatic N) is 1. The van der Waals surface area contributed by atoms with Gasteiger partial charge in [-0.05, 0) is 17.7 Å². The summed E-state index contributed by atoms with van der Waals surface area (Å²) < 4.78 is 5.62. The Hall–Kier alpha value is -3.34. The first-order chi connectivity index (χ1) is 12.3. The van der Waals surface area contributed by atoms with Gasteiger partial charge in [0.1, 0.15) is 18.2 Å². The predicted molar refractivity (Wildman–Crippen MR) is 95.8 cm³/mol. The van der Waals surface area contributed by atoms with Crippen LogP contribution in [0.25, 0.3) is 17.3 Å². The van der Waals surface area contributed by atoms with Gasteiger partial charge in [0.05, 0.1) is 24.0 Å². The molecule has 0 unspecified atom stereocenters. The number of fused-ring (bicyclic) bond motifs is 1. The van der Waals surface area contributed by atoms with Crippen LogP contribution in [0, 0.1) is 0 Å². The number of benzene rings is 2. The lowest BCUT2D eigenvalue weighted by molar-refractivity contribution is -0.118. The second kappa shape index (κ2) is 6.65. The number of nitrogens with one attached hydrogen (secondary N) is 2. The highest BCUT2D eigenvalue weighted by Crippen LogP contribution is 2.25. The van der Waals surface area contributed by atoms with Crippen LogP contribution in [-0.2, 0) is 11.3 Å². The Balaban J connectivity index is 1.42. The Morgan fingerprint density at radius 1 is 1.12 bits per heavy atom. The van der Waals surface area contributed by atoms with E-state index in [1.54, 1.807) is 6.20 Å². The van der Waals surface area contributed by atoms with Crippen molar-refractivity contribution in [3.8, 4) is 17.0 Å². The van der Waals surface area contributed by atoms with Crippen LogP contribution in [0.5, 0.6) is 5.75 Å². The fourth-order valence-corrected chi connectivity index (χ4v) is 2.74. The minimum Gasteiger partial charge on any atom is -0.488 e. The third-order valence-electron chi connectivity index (χ3n) is 4.05. The highest BCUT2D eigenvalue weighted by Gasteiger charge is 2.17. The third kappa shape index (κ3) is 3.30. The SMILES string of the molecule is O=C(NCc1ncc(-c2ccccc2)[nH]1)C1=Cc2ccccc2OC1. The summed E-state index contributed by atoms with van der Waals surface area (Å²) in [6, 6.07) is 17.6. The van der Waals surface area contributed by atoms with Gasteiger partial charge in [-0.2, -0.15) is 0 Å². The maximum absolute atomic E-state index is 12.4. The number of carbonyl (C=O) groups excluding carboxylic acids is 1. The largest absolute Gasteiger partial charge is 0.488 e. The molecule has 5 heteroatoms. The molecule has 2 aromatic carbocycles. The number of hydrogen-bond donors (Lipinski definition) is 2. The van der Waals surface area contributed by atoms with Gasteiger partial charge in [-0.3, -0.25) is 4.79 Å². The van der Waals surface area contributed by atoms with E-state index >= 15 is 0 Å². The quantitative estimate of drug-likeness (QED) is 0.772. The van der Waals surface area contributed by atoms with E-state index in [4.69, 9.17) is 4.74 Å². The van der Waals surface area contributed by atoms with E-state index in [2.05, 4.69) is 15.3 Å². The molecule has 0 radical (unpaired) electrons. The first kappa shape index (κ1) is 15.2. The van der Waals surface area contributed by atoms with Crippen LogP contribution < -0.4 is 10.1 Å². The smallest absolute Gasteiger partial charge is 0.251 e. The number of aromatic amines is 1. The van der Waals surface area contributed by atoms with Crippen LogP contribution in [0.1, 0.15) is 11.4 Å². The van der Waals surface area contributed by atoms with E-state index in [1.165, 1.54) is 0 Å². The van der Waals surface area contributed by atoms with Gasteiger partial charge in [0.2, 0.25) is 0 Å². The lowest BCUT2D eigenvalue weighted by atomic mass is 10.1. The monoisotopic (exact) mass is 331 g/mol. The first-order valence-electron chi connectivity index (χ1n) is 8.09. The van der Waals surface area contributed by atoms with E-state index < -0.39 is 0 Å². The Morgan fingerprint density at radius 2 is 1.92 bits per heavy atom. The second-order valence-electron chi connectivity index (χ2n) is 5.79. The van der Waals surface area contributed by atoms with Gasteiger partial charge in [0.15, 0.2) is 0 Å². The molecule has 0 atom stereocenters.